The van der Waals surface area contributed by atoms with E-state index in [0.29, 0.717) is 48.3 Å². The first-order chi connectivity index (χ1) is 17.3. The highest BCUT2D eigenvalue weighted by atomic mass is 16.5. The normalized spacial score (nSPS) is 29.1. The molecule has 0 radical (unpaired) electrons. The van der Waals surface area contributed by atoms with Gasteiger partial charge in [0.25, 0.3) is 0 Å². The lowest BCUT2D eigenvalue weighted by molar-refractivity contribution is -0.140. The molecule has 0 spiro atoms. The average molecular weight is 486 g/mol. The van der Waals surface area contributed by atoms with E-state index < -0.39 is 17.8 Å². The summed E-state index contributed by atoms with van der Waals surface area (Å²) >= 11 is 0. The Balaban J connectivity index is 1.47. The fourth-order valence-corrected chi connectivity index (χ4v) is 6.70. The molecule has 2 aliphatic heterocycles. The highest BCUT2D eigenvalue weighted by Crippen LogP contribution is 2.54. The van der Waals surface area contributed by atoms with Crippen LogP contribution in [0.1, 0.15) is 38.7 Å². The van der Waals surface area contributed by atoms with E-state index in [2.05, 4.69) is 0 Å². The van der Waals surface area contributed by atoms with E-state index in [1.165, 1.54) is 11.0 Å². The van der Waals surface area contributed by atoms with E-state index in [9.17, 15) is 24.3 Å². The van der Waals surface area contributed by atoms with Crippen LogP contribution >= 0.6 is 0 Å². The lowest BCUT2D eigenvalue weighted by atomic mass is 9.58. The van der Waals surface area contributed by atoms with Gasteiger partial charge in [-0.25, -0.2) is 0 Å². The summed E-state index contributed by atoms with van der Waals surface area (Å²) in [6.45, 7) is 3.97. The average Bonchev–Trinajstić information content (AvgIpc) is 3.11. The molecular weight excluding hydrogens is 458 g/mol. The van der Waals surface area contributed by atoms with Crippen LogP contribution in [0.5, 0.6) is 11.5 Å². The quantitative estimate of drug-likeness (QED) is 0.399. The number of ether oxygens (including phenoxy) is 1. The minimum Gasteiger partial charge on any atom is -0.508 e. The number of amides is 2. The van der Waals surface area contributed by atoms with Crippen LogP contribution in [0.15, 0.2) is 64.5 Å². The number of rotatable bonds is 3. The van der Waals surface area contributed by atoms with Gasteiger partial charge in [0, 0.05) is 41.2 Å². The first-order valence-corrected chi connectivity index (χ1v) is 12.5. The number of Topliss-reactive ketones (excluding diaryl/α,β-unsaturated/α-hetero) is 1. The molecule has 1 saturated heterocycles. The number of imide groups is 1. The molecule has 4 atom stereocenters. The third kappa shape index (κ3) is 3.18. The summed E-state index contributed by atoms with van der Waals surface area (Å²) in [5.74, 6) is -1.74. The van der Waals surface area contributed by atoms with E-state index in [0.717, 1.165) is 16.7 Å². The van der Waals surface area contributed by atoms with E-state index in [4.69, 9.17) is 4.74 Å². The number of aromatic hydroxyl groups is 1. The number of carbonyl (C=O) groups is 4. The van der Waals surface area contributed by atoms with Gasteiger partial charge in [-0.15, -0.1) is 0 Å². The Hall–Kier alpha value is -3.74. The number of carbonyl (C=O) groups excluding carboxylic acids is 4. The zero-order valence-corrected chi connectivity index (χ0v) is 20.2. The minimum atomic E-state index is -0.531. The van der Waals surface area contributed by atoms with Crippen LogP contribution in [-0.4, -0.2) is 39.9 Å². The number of hydrogen-bond donors (Lipinski definition) is 1. The van der Waals surface area contributed by atoms with E-state index >= 15 is 0 Å². The number of phenols is 1. The molecule has 3 aliphatic carbocycles. The maximum Gasteiger partial charge on any atom is 0.233 e. The molecule has 7 heteroatoms. The van der Waals surface area contributed by atoms with Gasteiger partial charge in [-0.1, -0.05) is 18.6 Å². The second-order valence-electron chi connectivity index (χ2n) is 10.3. The topological polar surface area (TPSA) is 101 Å². The molecule has 184 valence electrons. The molecule has 0 aromatic heterocycles. The van der Waals surface area contributed by atoms with Crippen molar-refractivity contribution in [3.63, 3.8) is 0 Å². The van der Waals surface area contributed by atoms with Crippen LogP contribution in [0.25, 0.3) is 0 Å². The smallest absolute Gasteiger partial charge is 0.233 e. The summed E-state index contributed by atoms with van der Waals surface area (Å²) in [5.41, 5.74) is 3.79. The van der Waals surface area contributed by atoms with Crippen LogP contribution < -0.4 is 4.74 Å². The van der Waals surface area contributed by atoms with Crippen molar-refractivity contribution in [3.05, 3.63) is 70.0 Å². The number of nitrogens with zero attached hydrogens (tertiary/aromatic N) is 1. The van der Waals surface area contributed by atoms with Gasteiger partial charge in [-0.2, -0.15) is 0 Å². The van der Waals surface area contributed by atoms with Gasteiger partial charge in [0.15, 0.2) is 11.6 Å². The Labute approximate surface area is 208 Å². The number of phenolic OH excluding ortho intramolecular Hbond substituents is 1. The first kappa shape index (κ1) is 22.7. The summed E-state index contributed by atoms with van der Waals surface area (Å²) in [6.07, 6.45) is 6.89. The Morgan fingerprint density at radius 3 is 2.69 bits per heavy atom. The van der Waals surface area contributed by atoms with Gasteiger partial charge >= 0.3 is 0 Å². The molecule has 1 aromatic rings. The number of benzene rings is 1. The molecule has 7 nitrogen and oxygen atoms in total. The van der Waals surface area contributed by atoms with Crippen molar-refractivity contribution in [2.45, 2.75) is 39.5 Å². The summed E-state index contributed by atoms with van der Waals surface area (Å²) in [4.78, 5) is 54.6. The van der Waals surface area contributed by atoms with E-state index in [-0.39, 0.29) is 41.5 Å². The molecule has 0 bridgehead atoms. The molecule has 4 unspecified atom stereocenters. The summed E-state index contributed by atoms with van der Waals surface area (Å²) in [6, 6.07) is 4.90. The minimum absolute atomic E-state index is 0.119. The van der Waals surface area contributed by atoms with Crippen molar-refractivity contribution in [1.82, 2.24) is 4.90 Å². The van der Waals surface area contributed by atoms with Crippen molar-refractivity contribution < 1.29 is 29.0 Å². The Morgan fingerprint density at radius 1 is 1.11 bits per heavy atom. The van der Waals surface area contributed by atoms with Crippen LogP contribution in [0.3, 0.4) is 0 Å². The van der Waals surface area contributed by atoms with Crippen molar-refractivity contribution in [2.75, 3.05) is 6.54 Å². The lowest BCUT2D eigenvalue weighted by Crippen LogP contribution is -2.41. The van der Waals surface area contributed by atoms with Crippen molar-refractivity contribution in [2.24, 2.45) is 23.7 Å². The molecule has 0 saturated carbocycles. The molecule has 5 aliphatic rings. The summed E-state index contributed by atoms with van der Waals surface area (Å²) in [5, 5.41) is 10.0. The van der Waals surface area contributed by atoms with E-state index in [1.807, 2.05) is 13.0 Å². The van der Waals surface area contributed by atoms with Crippen molar-refractivity contribution in [3.8, 4) is 11.5 Å². The molecule has 1 N–H and O–H groups in total. The fourth-order valence-electron chi connectivity index (χ4n) is 6.70. The van der Waals surface area contributed by atoms with Gasteiger partial charge in [0.05, 0.1) is 18.1 Å². The maximum atomic E-state index is 13.5. The molecule has 1 fully saturated rings. The zero-order chi connectivity index (χ0) is 25.3. The molecule has 1 aromatic carbocycles. The highest BCUT2D eigenvalue weighted by molar-refractivity contribution is 6.23. The molecule has 36 heavy (non-hydrogen) atoms. The van der Waals surface area contributed by atoms with Gasteiger partial charge in [-0.05, 0) is 62.0 Å². The van der Waals surface area contributed by atoms with E-state index in [1.54, 1.807) is 31.4 Å². The zero-order valence-electron chi connectivity index (χ0n) is 20.2. The van der Waals surface area contributed by atoms with Gasteiger partial charge in [0.2, 0.25) is 11.8 Å². The summed E-state index contributed by atoms with van der Waals surface area (Å²) in [7, 11) is 0. The van der Waals surface area contributed by atoms with Crippen LogP contribution in [-0.2, 0) is 25.6 Å². The Morgan fingerprint density at radius 2 is 1.92 bits per heavy atom. The number of hydrogen-bond acceptors (Lipinski definition) is 6. The predicted molar refractivity (Wildman–Crippen MR) is 130 cm³/mol. The van der Waals surface area contributed by atoms with Gasteiger partial charge < -0.3 is 9.84 Å². The van der Waals surface area contributed by atoms with Crippen molar-refractivity contribution >= 4 is 23.4 Å². The van der Waals surface area contributed by atoms with Crippen molar-refractivity contribution in [1.29, 1.82) is 0 Å². The third-order valence-electron chi connectivity index (χ3n) is 8.25. The number of fused-ring (bicyclic) bond motifs is 4. The number of allylic oxidation sites excluding steroid dienone is 7. The Bertz CT molecular complexity index is 1380. The van der Waals surface area contributed by atoms with Crippen LogP contribution in [0, 0.1) is 23.7 Å². The molecular formula is C29H27NO6. The SMILES string of the molecule is CCCN1C(=O)C2CC=C3C(C4=COc5ccc(O)cc5C4)C4=C(CC3C2C1=O)C(=O)C(C)=CC4=O. The monoisotopic (exact) mass is 485 g/mol. The largest absolute Gasteiger partial charge is 0.508 e. The molecule has 6 rings (SSSR count). The number of ketones is 2. The molecule has 2 amide bonds. The predicted octanol–water partition coefficient (Wildman–Crippen LogP) is 3.58. The second-order valence-corrected chi connectivity index (χ2v) is 10.3. The maximum absolute atomic E-state index is 13.5. The van der Waals surface area contributed by atoms with Crippen LogP contribution in [0.4, 0.5) is 0 Å². The lowest BCUT2D eigenvalue weighted by Gasteiger charge is -2.43. The Kier molecular flexibility index (Phi) is 5.14. The highest BCUT2D eigenvalue weighted by Gasteiger charge is 2.56. The fraction of sp³-hybridized carbons (Fsp3) is 0.379. The van der Waals surface area contributed by atoms with Gasteiger partial charge in [-0.3, -0.25) is 24.1 Å². The first-order valence-electron chi connectivity index (χ1n) is 12.5. The van der Waals surface area contributed by atoms with Gasteiger partial charge in [0.1, 0.15) is 11.5 Å². The summed E-state index contributed by atoms with van der Waals surface area (Å²) < 4.78 is 5.90. The molecule has 2 heterocycles. The second kappa shape index (κ2) is 8.15. The standard InChI is InChI=1S/C29H27NO6/c1-3-8-30-28(34)19-6-5-18-20(25(19)29(30)35)12-21-26(22(32)9-14(2)27(21)33)24(18)16-10-15-11-17(31)4-7-23(15)36-13-16/h4-5,7,9,11,13,19-20,24-25,31H,3,6,8,10,12H2,1-2H3. The van der Waals surface area contributed by atoms with Crippen LogP contribution in [0.2, 0.25) is 0 Å². The number of likely N-dealkylation sites (tertiary alicyclic amines) is 1. The third-order valence-corrected chi connectivity index (χ3v) is 8.25.